The molecule has 88 valence electrons. The van der Waals surface area contributed by atoms with Crippen LogP contribution < -0.4 is 5.11 Å². The zero-order valence-electron chi connectivity index (χ0n) is 9.44. The lowest BCUT2D eigenvalue weighted by Crippen LogP contribution is -2.18. The maximum atomic E-state index is 11.5. The van der Waals surface area contributed by atoms with Gasteiger partial charge in [-0.25, -0.2) is 0 Å². The van der Waals surface area contributed by atoms with Crippen molar-refractivity contribution in [1.82, 2.24) is 0 Å². The van der Waals surface area contributed by atoms with Gasteiger partial charge in [-0.15, -0.1) is 0 Å². The summed E-state index contributed by atoms with van der Waals surface area (Å²) in [6.07, 6.45) is 5.41. The first-order valence-corrected chi connectivity index (χ1v) is 5.68. The van der Waals surface area contributed by atoms with Crippen LogP contribution in [0.15, 0.2) is 24.3 Å². The van der Waals surface area contributed by atoms with Crippen molar-refractivity contribution in [3.05, 3.63) is 41.0 Å². The van der Waals surface area contributed by atoms with E-state index in [1.165, 1.54) is 11.6 Å². The minimum Gasteiger partial charge on any atom is -0.545 e. The lowest BCUT2D eigenvalue weighted by Gasteiger charge is -2.06. The first-order chi connectivity index (χ1) is 8.15. The van der Waals surface area contributed by atoms with Gasteiger partial charge in [0.2, 0.25) is 0 Å². The normalized spacial score (nSPS) is 15.6. The van der Waals surface area contributed by atoms with Crippen molar-refractivity contribution in [2.75, 3.05) is 0 Å². The number of benzene rings is 1. The summed E-state index contributed by atoms with van der Waals surface area (Å²) in [7, 11) is 0. The second-order valence-electron chi connectivity index (χ2n) is 4.25. The van der Waals surface area contributed by atoms with E-state index < -0.39 is 5.97 Å². The maximum Gasteiger partial charge on any atom is 0.137 e. The summed E-state index contributed by atoms with van der Waals surface area (Å²) in [6, 6.07) is 5.73. The average molecular weight is 229 g/mol. The summed E-state index contributed by atoms with van der Waals surface area (Å²) in [5.41, 5.74) is 3.01. The molecule has 0 aromatic heterocycles. The van der Waals surface area contributed by atoms with Crippen molar-refractivity contribution >= 4 is 17.8 Å². The molecule has 1 aromatic carbocycles. The van der Waals surface area contributed by atoms with Gasteiger partial charge >= 0.3 is 0 Å². The Balaban J connectivity index is 2.29. The van der Waals surface area contributed by atoms with E-state index in [0.717, 1.165) is 30.0 Å². The number of carboxylic acids is 1. The summed E-state index contributed by atoms with van der Waals surface area (Å²) in [6.45, 7) is 0. The smallest absolute Gasteiger partial charge is 0.137 e. The second kappa shape index (κ2) is 4.95. The highest BCUT2D eigenvalue weighted by molar-refractivity contribution is 5.84. The van der Waals surface area contributed by atoms with Crippen molar-refractivity contribution < 1.29 is 14.7 Å². The largest absolute Gasteiger partial charge is 0.545 e. The van der Waals surface area contributed by atoms with Crippen LogP contribution in [0.4, 0.5) is 0 Å². The fourth-order valence-corrected chi connectivity index (χ4v) is 2.10. The van der Waals surface area contributed by atoms with Crippen LogP contribution in [0, 0.1) is 0 Å². The van der Waals surface area contributed by atoms with Crippen molar-refractivity contribution in [2.24, 2.45) is 0 Å². The molecule has 0 radical (unpaired) electrons. The molecule has 1 aliphatic carbocycles. The molecule has 0 N–H and O–H groups in total. The van der Waals surface area contributed by atoms with Crippen molar-refractivity contribution in [2.45, 2.75) is 25.7 Å². The van der Waals surface area contributed by atoms with E-state index in [1.54, 1.807) is 0 Å². The minimum absolute atomic E-state index is 0.254. The van der Waals surface area contributed by atoms with Gasteiger partial charge in [0.1, 0.15) is 5.78 Å². The highest BCUT2D eigenvalue weighted by Crippen LogP contribution is 2.20. The molecule has 0 bridgehead atoms. The molecule has 0 amide bonds. The molecule has 0 saturated carbocycles. The van der Waals surface area contributed by atoms with Crippen LogP contribution in [0.5, 0.6) is 0 Å². The molecule has 0 aliphatic heterocycles. The Labute approximate surface area is 99.8 Å². The van der Waals surface area contributed by atoms with Crippen LogP contribution in [-0.2, 0) is 22.4 Å². The Morgan fingerprint density at radius 1 is 1.24 bits per heavy atom. The van der Waals surface area contributed by atoms with E-state index >= 15 is 0 Å². The van der Waals surface area contributed by atoms with E-state index in [2.05, 4.69) is 0 Å². The number of ketones is 1. The summed E-state index contributed by atoms with van der Waals surface area (Å²) >= 11 is 0. The third kappa shape index (κ3) is 3.03. The zero-order valence-corrected chi connectivity index (χ0v) is 9.44. The van der Waals surface area contributed by atoms with Crippen LogP contribution in [0.1, 0.15) is 29.5 Å². The zero-order chi connectivity index (χ0) is 12.3. The van der Waals surface area contributed by atoms with Gasteiger partial charge in [0.15, 0.2) is 0 Å². The molecule has 17 heavy (non-hydrogen) atoms. The number of hydrogen-bond donors (Lipinski definition) is 0. The first-order valence-electron chi connectivity index (χ1n) is 5.68. The Morgan fingerprint density at radius 2 is 2.06 bits per heavy atom. The number of rotatable bonds is 2. The lowest BCUT2D eigenvalue weighted by molar-refractivity contribution is -0.297. The molecule has 0 unspecified atom stereocenters. The Hall–Kier alpha value is -1.90. The van der Waals surface area contributed by atoms with Gasteiger partial charge in [0.05, 0.1) is 5.97 Å². The Morgan fingerprint density at radius 3 is 2.82 bits per heavy atom. The van der Waals surface area contributed by atoms with E-state index in [1.807, 2.05) is 18.2 Å². The van der Waals surface area contributed by atoms with Gasteiger partial charge < -0.3 is 9.90 Å². The molecule has 0 heterocycles. The highest BCUT2D eigenvalue weighted by Gasteiger charge is 2.13. The molecular formula is C14H13O3-. The van der Waals surface area contributed by atoms with Gasteiger partial charge in [-0.3, -0.25) is 4.79 Å². The first kappa shape index (κ1) is 11.6. The minimum atomic E-state index is -1.21. The molecule has 3 heteroatoms. The van der Waals surface area contributed by atoms with Gasteiger partial charge in [-0.1, -0.05) is 24.3 Å². The van der Waals surface area contributed by atoms with Gasteiger partial charge in [0, 0.05) is 12.8 Å². The van der Waals surface area contributed by atoms with Crippen molar-refractivity contribution in [3.8, 4) is 0 Å². The molecule has 0 fully saturated rings. The maximum absolute atomic E-state index is 11.5. The molecule has 3 nitrogen and oxygen atoms in total. The van der Waals surface area contributed by atoms with Gasteiger partial charge in [0.25, 0.3) is 0 Å². The van der Waals surface area contributed by atoms with Crippen molar-refractivity contribution in [1.29, 1.82) is 0 Å². The standard InChI is InChI=1S/C14H14O3/c15-13-3-1-2-11-6-4-10(5-7-14(16)17)8-12(11)9-13/h4-8H,1-3,9H2,(H,16,17)/p-1/b7-5+. The molecule has 1 aromatic rings. The number of aliphatic carboxylic acids is 1. The summed E-state index contributed by atoms with van der Waals surface area (Å²) < 4.78 is 0. The van der Waals surface area contributed by atoms with E-state index in [9.17, 15) is 14.7 Å². The molecule has 0 saturated heterocycles. The average Bonchev–Trinajstić information content (AvgIpc) is 2.46. The van der Waals surface area contributed by atoms with E-state index in [0.29, 0.717) is 12.8 Å². The quantitative estimate of drug-likeness (QED) is 0.559. The fraction of sp³-hybridized carbons (Fsp3) is 0.286. The van der Waals surface area contributed by atoms with Gasteiger partial charge in [-0.05, 0) is 35.6 Å². The van der Waals surface area contributed by atoms with Crippen LogP contribution in [0.2, 0.25) is 0 Å². The summed E-state index contributed by atoms with van der Waals surface area (Å²) in [5.74, 6) is -0.958. The highest BCUT2D eigenvalue weighted by atomic mass is 16.4. The van der Waals surface area contributed by atoms with Gasteiger partial charge in [-0.2, -0.15) is 0 Å². The summed E-state index contributed by atoms with van der Waals surface area (Å²) in [5, 5.41) is 10.3. The van der Waals surface area contributed by atoms with E-state index in [4.69, 9.17) is 0 Å². The number of Topliss-reactive ketones (excluding diaryl/α,β-unsaturated/α-hetero) is 1. The Bertz CT molecular complexity index is 486. The molecule has 0 atom stereocenters. The molecule has 1 aliphatic rings. The number of carbonyl (C=O) groups excluding carboxylic acids is 2. The number of carbonyl (C=O) groups is 2. The third-order valence-corrected chi connectivity index (χ3v) is 2.93. The number of carboxylic acid groups (broad SMARTS) is 1. The monoisotopic (exact) mass is 229 g/mol. The second-order valence-corrected chi connectivity index (χ2v) is 4.25. The number of aryl methyl sites for hydroxylation is 1. The lowest BCUT2D eigenvalue weighted by atomic mass is 10.00. The molecule has 2 rings (SSSR count). The van der Waals surface area contributed by atoms with Crippen LogP contribution in [-0.4, -0.2) is 11.8 Å². The number of fused-ring (bicyclic) bond motifs is 1. The number of hydrogen-bond acceptors (Lipinski definition) is 3. The van der Waals surface area contributed by atoms with Crippen molar-refractivity contribution in [3.63, 3.8) is 0 Å². The van der Waals surface area contributed by atoms with E-state index in [-0.39, 0.29) is 5.78 Å². The fourth-order valence-electron chi connectivity index (χ4n) is 2.10. The van der Waals surface area contributed by atoms with Crippen LogP contribution in [0.25, 0.3) is 6.08 Å². The Kier molecular flexibility index (Phi) is 3.38. The van der Waals surface area contributed by atoms with Crippen LogP contribution >= 0.6 is 0 Å². The third-order valence-electron chi connectivity index (χ3n) is 2.93. The predicted molar refractivity (Wildman–Crippen MR) is 62.1 cm³/mol. The SMILES string of the molecule is O=C([O-])/C=C/c1ccc2c(c1)CC(=O)CCC2. The van der Waals surface area contributed by atoms with Crippen LogP contribution in [0.3, 0.4) is 0 Å². The topological polar surface area (TPSA) is 57.2 Å². The summed E-state index contributed by atoms with van der Waals surface area (Å²) in [4.78, 5) is 21.8. The predicted octanol–water partition coefficient (Wildman–Crippen LogP) is 0.898. The molecular weight excluding hydrogens is 216 g/mol. The molecule has 0 spiro atoms.